The Kier molecular flexibility index (Phi) is 1.84. The van der Waals surface area contributed by atoms with Gasteiger partial charge in [0.05, 0.1) is 11.8 Å². The molecule has 2 heterocycles. The number of nitrogens with zero attached hydrogens (tertiary/aromatic N) is 2. The van der Waals surface area contributed by atoms with Crippen LogP contribution in [0.3, 0.4) is 0 Å². The minimum atomic E-state index is -0.0896. The summed E-state index contributed by atoms with van der Waals surface area (Å²) in [5.41, 5.74) is 0. The predicted octanol–water partition coefficient (Wildman–Crippen LogP) is 1.52. The molecule has 1 aromatic rings. The van der Waals surface area contributed by atoms with E-state index in [1.54, 1.807) is 13.0 Å². The summed E-state index contributed by atoms with van der Waals surface area (Å²) >= 11 is 0. The number of carbonyl (C=O) groups is 2. The van der Waals surface area contributed by atoms with E-state index in [2.05, 4.69) is 5.16 Å². The molecule has 4 atom stereocenters. The van der Waals surface area contributed by atoms with E-state index in [0.717, 1.165) is 19.3 Å². The summed E-state index contributed by atoms with van der Waals surface area (Å²) in [7, 11) is 0. The molecule has 0 radical (unpaired) electrons. The first-order valence-corrected chi connectivity index (χ1v) is 6.48. The topological polar surface area (TPSA) is 63.4 Å². The van der Waals surface area contributed by atoms with Gasteiger partial charge in [0.15, 0.2) is 5.82 Å². The molecule has 2 bridgehead atoms. The number of imide groups is 1. The third kappa shape index (κ3) is 1.09. The summed E-state index contributed by atoms with van der Waals surface area (Å²) in [4.78, 5) is 26.1. The van der Waals surface area contributed by atoms with Crippen LogP contribution in [0, 0.1) is 30.6 Å². The van der Waals surface area contributed by atoms with Crippen molar-refractivity contribution < 1.29 is 14.1 Å². The van der Waals surface area contributed by atoms with E-state index in [-0.39, 0.29) is 23.7 Å². The van der Waals surface area contributed by atoms with Gasteiger partial charge in [0, 0.05) is 6.07 Å². The number of amides is 2. The Bertz CT molecular complexity index is 522. The number of hydrogen-bond donors (Lipinski definition) is 0. The van der Waals surface area contributed by atoms with Gasteiger partial charge in [-0.3, -0.25) is 9.59 Å². The zero-order chi connectivity index (χ0) is 12.4. The molecular formula is C13H14N2O3. The number of fused-ring (bicyclic) bond motifs is 5. The van der Waals surface area contributed by atoms with E-state index in [1.165, 1.54) is 4.90 Å². The van der Waals surface area contributed by atoms with Gasteiger partial charge in [-0.2, -0.15) is 0 Å². The second-order valence-corrected chi connectivity index (χ2v) is 5.69. The zero-order valence-electron chi connectivity index (χ0n) is 10.1. The van der Waals surface area contributed by atoms with E-state index in [9.17, 15) is 9.59 Å². The van der Waals surface area contributed by atoms with E-state index in [0.29, 0.717) is 23.4 Å². The summed E-state index contributed by atoms with van der Waals surface area (Å²) in [5.74, 6) is 1.49. The van der Waals surface area contributed by atoms with Crippen molar-refractivity contribution in [3.05, 3.63) is 11.8 Å². The molecule has 0 N–H and O–H groups in total. The highest BCUT2D eigenvalue weighted by molar-refractivity contribution is 6.22. The van der Waals surface area contributed by atoms with E-state index in [4.69, 9.17) is 4.52 Å². The van der Waals surface area contributed by atoms with Crippen molar-refractivity contribution in [3.63, 3.8) is 0 Å². The van der Waals surface area contributed by atoms with Gasteiger partial charge in [-0.05, 0) is 38.0 Å². The molecule has 1 saturated heterocycles. The van der Waals surface area contributed by atoms with E-state index in [1.807, 2.05) is 0 Å². The van der Waals surface area contributed by atoms with Crippen LogP contribution in [-0.2, 0) is 9.59 Å². The lowest BCUT2D eigenvalue weighted by Crippen LogP contribution is -2.32. The average molecular weight is 246 g/mol. The minimum Gasteiger partial charge on any atom is -0.360 e. The fourth-order valence-electron chi connectivity index (χ4n) is 4.09. The van der Waals surface area contributed by atoms with E-state index < -0.39 is 0 Å². The molecule has 2 saturated carbocycles. The van der Waals surface area contributed by atoms with Gasteiger partial charge in [-0.15, -0.1) is 0 Å². The van der Waals surface area contributed by atoms with Gasteiger partial charge < -0.3 is 4.52 Å². The Morgan fingerprint density at radius 1 is 1.22 bits per heavy atom. The molecule has 0 unspecified atom stereocenters. The molecule has 4 rings (SSSR count). The van der Waals surface area contributed by atoms with E-state index >= 15 is 0 Å². The first-order valence-electron chi connectivity index (χ1n) is 6.48. The van der Waals surface area contributed by atoms with Crippen LogP contribution in [0.2, 0.25) is 0 Å². The summed E-state index contributed by atoms with van der Waals surface area (Å²) < 4.78 is 4.97. The van der Waals surface area contributed by atoms with Gasteiger partial charge in [0.1, 0.15) is 5.76 Å². The summed E-state index contributed by atoms with van der Waals surface area (Å²) in [6.07, 6.45) is 3.24. The lowest BCUT2D eigenvalue weighted by Gasteiger charge is -2.19. The van der Waals surface area contributed by atoms with Crippen LogP contribution in [0.5, 0.6) is 0 Å². The lowest BCUT2D eigenvalue weighted by molar-refractivity contribution is -0.123. The maximum Gasteiger partial charge on any atom is 0.239 e. The normalized spacial score (nSPS) is 37.7. The fourth-order valence-corrected chi connectivity index (χ4v) is 4.09. The first-order chi connectivity index (χ1) is 8.66. The Hall–Kier alpha value is -1.65. The largest absolute Gasteiger partial charge is 0.360 e. The number of rotatable bonds is 1. The van der Waals surface area contributed by atoms with Gasteiger partial charge in [0.25, 0.3) is 0 Å². The molecule has 0 spiro atoms. The third-order valence-electron chi connectivity index (χ3n) is 4.77. The summed E-state index contributed by atoms with van der Waals surface area (Å²) in [6.45, 7) is 1.76. The lowest BCUT2D eigenvalue weighted by atomic mass is 9.81. The maximum absolute atomic E-state index is 12.4. The quantitative estimate of drug-likeness (QED) is 0.705. The molecule has 3 fully saturated rings. The number of carbonyl (C=O) groups excluding carboxylic acids is 2. The average Bonchev–Trinajstić information content (AvgIpc) is 3.05. The van der Waals surface area contributed by atoms with Crippen LogP contribution >= 0.6 is 0 Å². The molecule has 2 amide bonds. The molecule has 18 heavy (non-hydrogen) atoms. The van der Waals surface area contributed by atoms with Gasteiger partial charge >= 0.3 is 0 Å². The molecule has 1 aromatic heterocycles. The van der Waals surface area contributed by atoms with Gasteiger partial charge in [-0.1, -0.05) is 5.16 Å². The van der Waals surface area contributed by atoms with Crippen molar-refractivity contribution in [1.82, 2.24) is 5.16 Å². The summed E-state index contributed by atoms with van der Waals surface area (Å²) in [5, 5.41) is 3.81. The SMILES string of the molecule is Cc1cc(N2C(=O)[C@H]3[C@@H]4CC[C@H](C4)[C@@H]3C2=O)no1. The highest BCUT2D eigenvalue weighted by atomic mass is 16.5. The van der Waals surface area contributed by atoms with Crippen molar-refractivity contribution in [2.45, 2.75) is 26.2 Å². The monoisotopic (exact) mass is 246 g/mol. The van der Waals surface area contributed by atoms with Crippen molar-refractivity contribution in [1.29, 1.82) is 0 Å². The molecule has 1 aliphatic heterocycles. The van der Waals surface area contributed by atoms with Gasteiger partial charge in [-0.25, -0.2) is 4.90 Å². The Labute approximate surface area is 104 Å². The number of hydrogen-bond acceptors (Lipinski definition) is 4. The molecule has 94 valence electrons. The Morgan fingerprint density at radius 3 is 2.33 bits per heavy atom. The smallest absolute Gasteiger partial charge is 0.239 e. The van der Waals surface area contributed by atoms with Crippen LogP contribution in [0.1, 0.15) is 25.0 Å². The number of anilines is 1. The first kappa shape index (κ1) is 10.3. The second-order valence-electron chi connectivity index (χ2n) is 5.69. The highest BCUT2D eigenvalue weighted by Crippen LogP contribution is 2.56. The second kappa shape index (κ2) is 3.22. The fraction of sp³-hybridized carbons (Fsp3) is 0.615. The highest BCUT2D eigenvalue weighted by Gasteiger charge is 2.61. The maximum atomic E-state index is 12.4. The van der Waals surface area contributed by atoms with Crippen molar-refractivity contribution >= 4 is 17.6 Å². The van der Waals surface area contributed by atoms with Crippen molar-refractivity contribution in [2.75, 3.05) is 4.90 Å². The van der Waals surface area contributed by atoms with Crippen LogP contribution in [0.15, 0.2) is 10.6 Å². The standard InChI is InChI=1S/C13H14N2O3/c1-6-4-9(14-18-6)15-12(16)10-7-2-3-8(5-7)11(10)13(15)17/h4,7-8,10-11H,2-3,5H2,1H3/t7-,8-,10+,11+/m1/s1. The number of aromatic nitrogens is 1. The molecular weight excluding hydrogens is 232 g/mol. The Balaban J connectivity index is 1.75. The van der Waals surface area contributed by atoms with Crippen LogP contribution in [0.25, 0.3) is 0 Å². The van der Waals surface area contributed by atoms with Crippen LogP contribution in [-0.4, -0.2) is 17.0 Å². The third-order valence-corrected chi connectivity index (χ3v) is 4.77. The van der Waals surface area contributed by atoms with Crippen LogP contribution < -0.4 is 4.90 Å². The summed E-state index contributed by atoms with van der Waals surface area (Å²) in [6, 6.07) is 1.65. The molecule has 2 aliphatic carbocycles. The van der Waals surface area contributed by atoms with Crippen LogP contribution in [0.4, 0.5) is 5.82 Å². The molecule has 5 nitrogen and oxygen atoms in total. The number of aryl methyl sites for hydroxylation is 1. The van der Waals surface area contributed by atoms with Crippen molar-refractivity contribution in [2.24, 2.45) is 23.7 Å². The molecule has 0 aromatic carbocycles. The van der Waals surface area contributed by atoms with Crippen molar-refractivity contribution in [3.8, 4) is 0 Å². The molecule has 5 heteroatoms. The van der Waals surface area contributed by atoms with Gasteiger partial charge in [0.2, 0.25) is 11.8 Å². The zero-order valence-corrected chi connectivity index (χ0v) is 10.1. The Morgan fingerprint density at radius 2 is 1.83 bits per heavy atom. The minimum absolute atomic E-state index is 0.0644. The predicted molar refractivity (Wildman–Crippen MR) is 61.5 cm³/mol. The molecule has 3 aliphatic rings.